The van der Waals surface area contributed by atoms with Gasteiger partial charge in [-0.15, -0.1) is 0 Å². The molecule has 4 heteroatoms. The van der Waals surface area contributed by atoms with E-state index in [1.807, 2.05) is 42.5 Å². The zero-order valence-electron chi connectivity index (χ0n) is 13.9. The van der Waals surface area contributed by atoms with Crippen LogP contribution in [0.5, 0.6) is 5.75 Å². The average molecular weight is 322 g/mol. The van der Waals surface area contributed by atoms with E-state index in [9.17, 15) is 4.79 Å². The van der Waals surface area contributed by atoms with E-state index in [0.29, 0.717) is 18.5 Å². The van der Waals surface area contributed by atoms with Crippen molar-refractivity contribution in [1.29, 1.82) is 0 Å². The van der Waals surface area contributed by atoms with E-state index in [4.69, 9.17) is 4.74 Å². The summed E-state index contributed by atoms with van der Waals surface area (Å²) in [5.74, 6) is 0.963. The van der Waals surface area contributed by atoms with Gasteiger partial charge >= 0.3 is 0 Å². The Labute approximate surface area is 141 Å². The molecule has 0 amide bonds. The van der Waals surface area contributed by atoms with E-state index in [-0.39, 0.29) is 5.56 Å². The molecular weight excluding hydrogens is 300 g/mol. The summed E-state index contributed by atoms with van der Waals surface area (Å²) in [5.41, 5.74) is 2.00. The number of benzene rings is 2. The second-order valence-corrected chi connectivity index (χ2v) is 5.78. The predicted octanol–water partition coefficient (Wildman–Crippen LogP) is 3.82. The molecule has 2 aromatic carbocycles. The zero-order valence-corrected chi connectivity index (χ0v) is 13.9. The maximum atomic E-state index is 12.4. The Kier molecular flexibility index (Phi) is 5.26. The van der Waals surface area contributed by atoms with Crippen molar-refractivity contribution in [2.45, 2.75) is 32.7 Å². The normalized spacial score (nSPS) is 10.9. The van der Waals surface area contributed by atoms with Crippen LogP contribution in [0.3, 0.4) is 0 Å². The maximum absolute atomic E-state index is 12.4. The minimum atomic E-state index is 0.0258. The molecule has 1 aromatic heterocycles. The number of hydrogen-bond acceptors (Lipinski definition) is 3. The monoisotopic (exact) mass is 322 g/mol. The van der Waals surface area contributed by atoms with Crippen molar-refractivity contribution in [2.75, 3.05) is 6.61 Å². The Bertz CT molecular complexity index is 871. The minimum Gasteiger partial charge on any atom is -0.493 e. The molecule has 0 bridgehead atoms. The van der Waals surface area contributed by atoms with Crippen LogP contribution >= 0.6 is 0 Å². The summed E-state index contributed by atoms with van der Waals surface area (Å²) < 4.78 is 7.55. The molecule has 0 aliphatic rings. The Morgan fingerprint density at radius 3 is 2.71 bits per heavy atom. The van der Waals surface area contributed by atoms with Crippen LogP contribution < -0.4 is 10.3 Å². The standard InChI is InChI=1S/C20H22N2O2/c1-2-16-9-3-6-12-19(16)24-14-8-7-13-22-15-21-18-11-5-4-10-17(18)20(22)23/h3-6,9-12,15H,2,7-8,13-14H2,1H3. The summed E-state index contributed by atoms with van der Waals surface area (Å²) >= 11 is 0. The van der Waals surface area contributed by atoms with Crippen LogP contribution in [-0.4, -0.2) is 16.2 Å². The molecule has 0 aliphatic carbocycles. The quantitative estimate of drug-likeness (QED) is 0.621. The highest BCUT2D eigenvalue weighted by atomic mass is 16.5. The molecule has 24 heavy (non-hydrogen) atoms. The molecule has 0 saturated heterocycles. The van der Waals surface area contributed by atoms with Gasteiger partial charge in [0.05, 0.1) is 23.8 Å². The van der Waals surface area contributed by atoms with Crippen LogP contribution in [0.25, 0.3) is 10.9 Å². The molecule has 4 nitrogen and oxygen atoms in total. The van der Waals surface area contributed by atoms with Crippen LogP contribution in [0.4, 0.5) is 0 Å². The van der Waals surface area contributed by atoms with Gasteiger partial charge in [0.2, 0.25) is 0 Å². The fourth-order valence-electron chi connectivity index (χ4n) is 2.77. The number of unbranched alkanes of at least 4 members (excludes halogenated alkanes) is 1. The third-order valence-electron chi connectivity index (χ3n) is 4.14. The van der Waals surface area contributed by atoms with Gasteiger partial charge in [0.25, 0.3) is 5.56 Å². The van der Waals surface area contributed by atoms with Gasteiger partial charge in [-0.3, -0.25) is 9.36 Å². The van der Waals surface area contributed by atoms with Crippen LogP contribution in [0, 0.1) is 0 Å². The van der Waals surface area contributed by atoms with Crippen molar-refractivity contribution >= 4 is 10.9 Å². The summed E-state index contributed by atoms with van der Waals surface area (Å²) in [7, 11) is 0. The minimum absolute atomic E-state index is 0.0258. The highest BCUT2D eigenvalue weighted by Gasteiger charge is 2.04. The summed E-state index contributed by atoms with van der Waals surface area (Å²) in [6.45, 7) is 3.45. The number of fused-ring (bicyclic) bond motifs is 1. The van der Waals surface area contributed by atoms with E-state index >= 15 is 0 Å². The van der Waals surface area contributed by atoms with E-state index in [0.717, 1.165) is 30.5 Å². The lowest BCUT2D eigenvalue weighted by Crippen LogP contribution is -2.20. The highest BCUT2D eigenvalue weighted by Crippen LogP contribution is 2.18. The smallest absolute Gasteiger partial charge is 0.261 e. The predicted molar refractivity (Wildman–Crippen MR) is 96.6 cm³/mol. The molecule has 0 radical (unpaired) electrons. The van der Waals surface area contributed by atoms with Crippen LogP contribution in [0.1, 0.15) is 25.3 Å². The fourth-order valence-corrected chi connectivity index (χ4v) is 2.77. The number of rotatable bonds is 7. The second-order valence-electron chi connectivity index (χ2n) is 5.78. The van der Waals surface area contributed by atoms with Crippen molar-refractivity contribution in [1.82, 2.24) is 9.55 Å². The van der Waals surface area contributed by atoms with Gasteiger partial charge in [-0.2, -0.15) is 0 Å². The Morgan fingerprint density at radius 2 is 1.83 bits per heavy atom. The van der Waals surface area contributed by atoms with Crippen molar-refractivity contribution < 1.29 is 4.74 Å². The molecule has 0 fully saturated rings. The summed E-state index contributed by atoms with van der Waals surface area (Å²) in [4.78, 5) is 16.7. The van der Waals surface area contributed by atoms with Gasteiger partial charge < -0.3 is 4.74 Å². The van der Waals surface area contributed by atoms with E-state index in [1.165, 1.54) is 5.56 Å². The summed E-state index contributed by atoms with van der Waals surface area (Å²) in [6.07, 6.45) is 4.39. The van der Waals surface area contributed by atoms with Gasteiger partial charge in [-0.05, 0) is 43.0 Å². The molecule has 0 saturated carbocycles. The van der Waals surface area contributed by atoms with Gasteiger partial charge in [0.15, 0.2) is 0 Å². The topological polar surface area (TPSA) is 44.1 Å². The molecule has 0 N–H and O–H groups in total. The van der Waals surface area contributed by atoms with Crippen LogP contribution in [0.2, 0.25) is 0 Å². The van der Waals surface area contributed by atoms with Gasteiger partial charge in [-0.1, -0.05) is 37.3 Å². The first-order chi connectivity index (χ1) is 11.8. The van der Waals surface area contributed by atoms with E-state index < -0.39 is 0 Å². The largest absolute Gasteiger partial charge is 0.493 e. The lowest BCUT2D eigenvalue weighted by molar-refractivity contribution is 0.300. The highest BCUT2D eigenvalue weighted by molar-refractivity contribution is 5.76. The molecule has 0 atom stereocenters. The first-order valence-corrected chi connectivity index (χ1v) is 8.44. The van der Waals surface area contributed by atoms with Crippen molar-refractivity contribution in [3.8, 4) is 5.75 Å². The Hall–Kier alpha value is -2.62. The van der Waals surface area contributed by atoms with Gasteiger partial charge in [0, 0.05) is 6.54 Å². The van der Waals surface area contributed by atoms with Gasteiger partial charge in [0.1, 0.15) is 5.75 Å². The summed E-state index contributed by atoms with van der Waals surface area (Å²) in [5, 5.41) is 0.674. The lowest BCUT2D eigenvalue weighted by Gasteiger charge is -2.10. The summed E-state index contributed by atoms with van der Waals surface area (Å²) in [6, 6.07) is 15.6. The number of nitrogens with zero attached hydrogens (tertiary/aromatic N) is 2. The number of ether oxygens (including phenoxy) is 1. The molecule has 0 spiro atoms. The zero-order chi connectivity index (χ0) is 16.8. The van der Waals surface area contributed by atoms with E-state index in [2.05, 4.69) is 18.0 Å². The molecule has 3 rings (SSSR count). The van der Waals surface area contributed by atoms with Crippen molar-refractivity contribution in [3.05, 3.63) is 70.8 Å². The van der Waals surface area contributed by atoms with E-state index in [1.54, 1.807) is 10.9 Å². The van der Waals surface area contributed by atoms with Crippen LogP contribution in [0.15, 0.2) is 59.7 Å². The van der Waals surface area contributed by atoms with Gasteiger partial charge in [-0.25, -0.2) is 4.98 Å². The number of aryl methyl sites for hydroxylation is 2. The molecule has 124 valence electrons. The number of aromatic nitrogens is 2. The molecule has 3 aromatic rings. The van der Waals surface area contributed by atoms with Crippen molar-refractivity contribution in [2.24, 2.45) is 0 Å². The fraction of sp³-hybridized carbons (Fsp3) is 0.300. The first kappa shape index (κ1) is 16.2. The third-order valence-corrected chi connectivity index (χ3v) is 4.14. The molecule has 1 heterocycles. The molecule has 0 unspecified atom stereocenters. The molecule has 0 aliphatic heterocycles. The van der Waals surface area contributed by atoms with Crippen molar-refractivity contribution in [3.63, 3.8) is 0 Å². The lowest BCUT2D eigenvalue weighted by atomic mass is 10.1. The Balaban J connectivity index is 1.54. The Morgan fingerprint density at radius 1 is 1.04 bits per heavy atom. The molecular formula is C20H22N2O2. The maximum Gasteiger partial charge on any atom is 0.261 e. The third kappa shape index (κ3) is 3.65. The second kappa shape index (κ2) is 7.77. The number of hydrogen-bond donors (Lipinski definition) is 0. The number of para-hydroxylation sites is 2. The average Bonchev–Trinajstić information content (AvgIpc) is 2.63. The SMILES string of the molecule is CCc1ccccc1OCCCCn1cnc2ccccc2c1=O. The first-order valence-electron chi connectivity index (χ1n) is 8.44. The van der Waals surface area contributed by atoms with Crippen LogP contribution in [-0.2, 0) is 13.0 Å².